The molecule has 3 aromatic rings. The maximum atomic E-state index is 14.2. The fourth-order valence-corrected chi connectivity index (χ4v) is 6.93. The van der Waals surface area contributed by atoms with Gasteiger partial charge in [-0.2, -0.15) is 0 Å². The van der Waals surface area contributed by atoms with E-state index in [1.54, 1.807) is 42.5 Å². The summed E-state index contributed by atoms with van der Waals surface area (Å²) < 4.78 is 29.2. The lowest BCUT2D eigenvalue weighted by atomic mass is 10.1. The van der Waals surface area contributed by atoms with Crippen LogP contribution in [0.15, 0.2) is 77.7 Å². The molecule has 1 aliphatic carbocycles. The summed E-state index contributed by atoms with van der Waals surface area (Å²) in [5, 5.41) is 3.69. The van der Waals surface area contributed by atoms with Gasteiger partial charge < -0.3 is 10.2 Å². The molecule has 0 radical (unpaired) electrons. The van der Waals surface area contributed by atoms with Gasteiger partial charge in [0.05, 0.1) is 10.6 Å². The molecule has 41 heavy (non-hydrogen) atoms. The Bertz CT molecular complexity index is 1460. The molecule has 1 unspecified atom stereocenters. The van der Waals surface area contributed by atoms with Crippen molar-refractivity contribution >= 4 is 39.1 Å². The molecule has 0 spiro atoms. The van der Waals surface area contributed by atoms with E-state index in [9.17, 15) is 18.0 Å². The number of sulfonamides is 1. The first kappa shape index (κ1) is 30.6. The van der Waals surface area contributed by atoms with Gasteiger partial charge in [-0.05, 0) is 80.1 Å². The van der Waals surface area contributed by atoms with Crippen LogP contribution in [0.3, 0.4) is 0 Å². The normalized spacial score (nSPS) is 14.4. The van der Waals surface area contributed by atoms with Crippen molar-refractivity contribution in [3.8, 4) is 0 Å². The molecular formula is C32H38ClN3O4S. The number of carbonyl (C=O) groups excluding carboxylic acids is 2. The number of carbonyl (C=O) groups is 2. The third-order valence-corrected chi connectivity index (χ3v) is 9.83. The molecule has 0 saturated heterocycles. The molecule has 7 nitrogen and oxygen atoms in total. The van der Waals surface area contributed by atoms with Crippen molar-refractivity contribution in [1.82, 2.24) is 10.2 Å². The highest BCUT2D eigenvalue weighted by molar-refractivity contribution is 7.92. The van der Waals surface area contributed by atoms with Crippen LogP contribution < -0.4 is 9.62 Å². The minimum Gasteiger partial charge on any atom is -0.352 e. The quantitative estimate of drug-likeness (QED) is 0.294. The third-order valence-electron chi connectivity index (χ3n) is 7.81. The van der Waals surface area contributed by atoms with E-state index in [0.29, 0.717) is 17.1 Å². The Hall–Kier alpha value is -3.36. The second-order valence-corrected chi connectivity index (χ2v) is 12.9. The number of nitrogens with zero attached hydrogens (tertiary/aromatic N) is 2. The molecule has 1 atom stereocenters. The van der Waals surface area contributed by atoms with Crippen molar-refractivity contribution < 1.29 is 18.0 Å². The molecule has 2 amide bonds. The van der Waals surface area contributed by atoms with Crippen LogP contribution in [0.2, 0.25) is 5.02 Å². The van der Waals surface area contributed by atoms with Crippen LogP contribution in [0.25, 0.3) is 0 Å². The molecule has 1 N–H and O–H groups in total. The smallest absolute Gasteiger partial charge is 0.264 e. The summed E-state index contributed by atoms with van der Waals surface area (Å²) in [5.74, 6) is -0.681. The molecule has 1 aliphatic rings. The van der Waals surface area contributed by atoms with Crippen molar-refractivity contribution in [2.75, 3.05) is 10.8 Å². The largest absolute Gasteiger partial charge is 0.352 e. The number of nitrogens with one attached hydrogen (secondary N) is 1. The first-order valence-corrected chi connectivity index (χ1v) is 15.9. The monoisotopic (exact) mass is 595 g/mol. The lowest BCUT2D eigenvalue weighted by molar-refractivity contribution is -0.140. The van der Waals surface area contributed by atoms with Gasteiger partial charge in [0, 0.05) is 17.6 Å². The van der Waals surface area contributed by atoms with E-state index in [-0.39, 0.29) is 23.4 Å². The fraction of sp³-hybridized carbons (Fsp3) is 0.375. The number of hydrogen-bond donors (Lipinski definition) is 1. The van der Waals surface area contributed by atoms with Gasteiger partial charge in [0.2, 0.25) is 11.8 Å². The Morgan fingerprint density at radius 1 is 0.951 bits per heavy atom. The minimum atomic E-state index is -4.10. The van der Waals surface area contributed by atoms with Crippen LogP contribution in [0, 0.1) is 13.8 Å². The molecule has 4 rings (SSSR count). The lowest BCUT2D eigenvalue weighted by Crippen LogP contribution is -2.53. The Labute approximate surface area is 248 Å². The van der Waals surface area contributed by atoms with Gasteiger partial charge in [-0.3, -0.25) is 13.9 Å². The van der Waals surface area contributed by atoms with Crippen molar-refractivity contribution in [1.29, 1.82) is 0 Å². The predicted molar refractivity (Wildman–Crippen MR) is 163 cm³/mol. The maximum absolute atomic E-state index is 14.2. The minimum absolute atomic E-state index is 0.0870. The number of anilines is 1. The van der Waals surface area contributed by atoms with Crippen molar-refractivity contribution in [3.63, 3.8) is 0 Å². The van der Waals surface area contributed by atoms with Crippen LogP contribution in [0.1, 0.15) is 55.7 Å². The Kier molecular flexibility index (Phi) is 10.1. The third kappa shape index (κ3) is 7.29. The van der Waals surface area contributed by atoms with E-state index < -0.39 is 28.5 Å². The fourth-order valence-electron chi connectivity index (χ4n) is 5.31. The number of benzene rings is 3. The van der Waals surface area contributed by atoms with Gasteiger partial charge in [-0.25, -0.2) is 8.42 Å². The molecule has 0 bridgehead atoms. The lowest BCUT2D eigenvalue weighted by Gasteiger charge is -2.34. The SMILES string of the molecule is CCC(C(=O)NC1CCCC1)N(Cc1ccc(Cl)cc1)C(=O)CN(c1cccc(C)c1C)S(=O)(=O)c1ccccc1. The van der Waals surface area contributed by atoms with Crippen molar-refractivity contribution in [2.45, 2.75) is 76.4 Å². The molecule has 0 aliphatic heterocycles. The van der Waals surface area contributed by atoms with Crippen LogP contribution in [-0.2, 0) is 26.2 Å². The summed E-state index contributed by atoms with van der Waals surface area (Å²) in [7, 11) is -4.10. The predicted octanol–water partition coefficient (Wildman–Crippen LogP) is 6.02. The van der Waals surface area contributed by atoms with Gasteiger partial charge >= 0.3 is 0 Å². The molecule has 1 fully saturated rings. The Morgan fingerprint density at radius 2 is 1.61 bits per heavy atom. The molecular weight excluding hydrogens is 558 g/mol. The van der Waals surface area contributed by atoms with E-state index in [2.05, 4.69) is 5.32 Å². The topological polar surface area (TPSA) is 86.8 Å². The highest BCUT2D eigenvalue weighted by Crippen LogP contribution is 2.29. The molecule has 0 heterocycles. The Balaban J connectivity index is 1.73. The van der Waals surface area contributed by atoms with E-state index in [1.807, 2.05) is 39.0 Å². The zero-order chi connectivity index (χ0) is 29.6. The molecule has 3 aromatic carbocycles. The van der Waals surface area contributed by atoms with Crippen molar-refractivity contribution in [2.24, 2.45) is 0 Å². The first-order chi connectivity index (χ1) is 19.6. The highest BCUT2D eigenvalue weighted by atomic mass is 35.5. The van der Waals surface area contributed by atoms with E-state index in [0.717, 1.165) is 42.4 Å². The van der Waals surface area contributed by atoms with Gasteiger partial charge in [-0.1, -0.05) is 73.8 Å². The highest BCUT2D eigenvalue weighted by Gasteiger charge is 2.35. The van der Waals surface area contributed by atoms with E-state index in [4.69, 9.17) is 11.6 Å². The molecule has 9 heteroatoms. The van der Waals surface area contributed by atoms with E-state index >= 15 is 0 Å². The second kappa shape index (κ2) is 13.5. The number of amides is 2. The van der Waals surface area contributed by atoms with E-state index in [1.165, 1.54) is 21.3 Å². The van der Waals surface area contributed by atoms with Gasteiger partial charge in [-0.15, -0.1) is 0 Å². The molecule has 0 aromatic heterocycles. The van der Waals surface area contributed by atoms with Crippen LogP contribution in [-0.4, -0.2) is 43.8 Å². The van der Waals surface area contributed by atoms with Crippen LogP contribution >= 0.6 is 11.6 Å². The number of aryl methyl sites for hydroxylation is 1. The summed E-state index contributed by atoms with van der Waals surface area (Å²) in [6.45, 7) is 5.30. The zero-order valence-electron chi connectivity index (χ0n) is 23.8. The number of halogens is 1. The van der Waals surface area contributed by atoms with Gasteiger partial charge in [0.1, 0.15) is 12.6 Å². The van der Waals surface area contributed by atoms with Gasteiger partial charge in [0.15, 0.2) is 0 Å². The summed E-state index contributed by atoms with van der Waals surface area (Å²) in [6.07, 6.45) is 4.35. The second-order valence-electron chi connectivity index (χ2n) is 10.6. The Morgan fingerprint density at radius 3 is 2.24 bits per heavy atom. The zero-order valence-corrected chi connectivity index (χ0v) is 25.4. The van der Waals surface area contributed by atoms with Crippen LogP contribution in [0.4, 0.5) is 5.69 Å². The number of hydrogen-bond acceptors (Lipinski definition) is 4. The summed E-state index contributed by atoms with van der Waals surface area (Å²) >= 11 is 6.10. The standard InChI is InChI=1S/C32H38ClN3O4S/c1-4-29(32(38)34-27-12-8-9-13-27)35(21-25-17-19-26(33)20-18-25)31(37)22-36(30-16-10-11-23(2)24(30)3)41(39,40)28-14-6-5-7-15-28/h5-7,10-11,14-20,27,29H,4,8-9,12-13,21-22H2,1-3H3,(H,34,38). The summed E-state index contributed by atoms with van der Waals surface area (Å²) in [6, 6.07) is 19.9. The number of rotatable bonds is 11. The molecule has 1 saturated carbocycles. The van der Waals surface area contributed by atoms with Crippen LogP contribution in [0.5, 0.6) is 0 Å². The summed E-state index contributed by atoms with van der Waals surface area (Å²) in [4.78, 5) is 29.4. The first-order valence-electron chi connectivity index (χ1n) is 14.1. The van der Waals surface area contributed by atoms with Gasteiger partial charge in [0.25, 0.3) is 10.0 Å². The molecule has 218 valence electrons. The average Bonchev–Trinajstić information content (AvgIpc) is 3.47. The maximum Gasteiger partial charge on any atom is 0.264 e. The summed E-state index contributed by atoms with van der Waals surface area (Å²) in [5.41, 5.74) is 2.88. The van der Waals surface area contributed by atoms with Crippen molar-refractivity contribution in [3.05, 3.63) is 94.5 Å². The average molecular weight is 596 g/mol.